The van der Waals surface area contributed by atoms with Crippen LogP contribution in [0.25, 0.3) is 0 Å². The first-order chi connectivity index (χ1) is 18.5. The van der Waals surface area contributed by atoms with E-state index in [1.807, 2.05) is 0 Å². The minimum atomic E-state index is -0.546. The van der Waals surface area contributed by atoms with Crippen LogP contribution >= 0.6 is 23.4 Å². The highest BCUT2D eigenvalue weighted by molar-refractivity contribution is 8.00. The number of carbonyl (C=O) groups excluding carboxylic acids is 2. The lowest BCUT2D eigenvalue weighted by Crippen LogP contribution is -2.22. The molecular weight excluding hydrogens is 528 g/mol. The number of nitrogens with two attached hydrogens (primary N) is 1. The van der Waals surface area contributed by atoms with Crippen LogP contribution in [-0.2, 0) is 14.3 Å². The Hall–Kier alpha value is -1.79. The van der Waals surface area contributed by atoms with Crippen molar-refractivity contribution in [2.75, 3.05) is 12.5 Å². The molecule has 3 atom stereocenters. The maximum atomic E-state index is 11.4. The molecule has 0 spiro atoms. The zero-order valence-corrected chi connectivity index (χ0v) is 27.1. The van der Waals surface area contributed by atoms with E-state index >= 15 is 0 Å². The van der Waals surface area contributed by atoms with E-state index in [4.69, 9.17) is 27.5 Å². The van der Waals surface area contributed by atoms with E-state index in [1.54, 1.807) is 6.92 Å². The highest BCUT2D eigenvalue weighted by Gasteiger charge is 2.55. The van der Waals surface area contributed by atoms with Gasteiger partial charge in [-0.3, -0.25) is 10.2 Å². The van der Waals surface area contributed by atoms with Crippen LogP contribution in [0.1, 0.15) is 99.0 Å². The van der Waals surface area contributed by atoms with E-state index in [1.165, 1.54) is 55.9 Å². The second-order valence-electron chi connectivity index (χ2n) is 10.2. The van der Waals surface area contributed by atoms with Crippen molar-refractivity contribution in [3.63, 3.8) is 0 Å². The zero-order chi connectivity index (χ0) is 30.0. The number of unbranched alkanes of at least 4 members (excludes halogenated alkanes) is 1. The number of Topliss-reactive ketones (excluding diaryl/α,β-unsaturated/α-hetero) is 1. The lowest BCUT2D eigenvalue weighted by molar-refractivity contribution is -0.135. The smallest absolute Gasteiger partial charge is 0.356 e. The lowest BCUT2D eigenvalue weighted by Gasteiger charge is -2.15. The molecule has 7 heteroatoms. The van der Waals surface area contributed by atoms with Crippen LogP contribution in [0.2, 0.25) is 0 Å². The number of halogens is 1. The third-order valence-electron chi connectivity index (χ3n) is 6.74. The summed E-state index contributed by atoms with van der Waals surface area (Å²) in [6.45, 7) is 16.8. The molecule has 0 amide bonds. The summed E-state index contributed by atoms with van der Waals surface area (Å²) in [5, 5.41) is 8.57. The molecule has 3 N–H and O–H groups in total. The van der Waals surface area contributed by atoms with Gasteiger partial charge in [0.15, 0.2) is 0 Å². The van der Waals surface area contributed by atoms with E-state index < -0.39 is 5.97 Å². The van der Waals surface area contributed by atoms with Gasteiger partial charge >= 0.3 is 5.97 Å². The van der Waals surface area contributed by atoms with Gasteiger partial charge in [-0.15, -0.1) is 23.4 Å². The van der Waals surface area contributed by atoms with Gasteiger partial charge in [-0.1, -0.05) is 78.5 Å². The fraction of sp³-hybridized carbons (Fsp3) is 0.656. The van der Waals surface area contributed by atoms with Gasteiger partial charge in [0.1, 0.15) is 11.5 Å². The number of fused-ring (bicyclic) bond motifs is 1. The van der Waals surface area contributed by atoms with Gasteiger partial charge in [0.25, 0.3) is 0 Å². The van der Waals surface area contributed by atoms with Crippen LogP contribution in [0.4, 0.5) is 0 Å². The summed E-state index contributed by atoms with van der Waals surface area (Å²) >= 11 is 7.05. The Kier molecular flexibility index (Phi) is 20.1. The first-order valence-corrected chi connectivity index (χ1v) is 16.0. The number of ether oxygens (including phenoxy) is 1. The Balaban J connectivity index is 0.000000568. The summed E-state index contributed by atoms with van der Waals surface area (Å²) < 4.78 is 4.81. The van der Waals surface area contributed by atoms with E-state index in [0.717, 1.165) is 17.2 Å². The van der Waals surface area contributed by atoms with Crippen molar-refractivity contribution in [1.29, 1.82) is 5.41 Å². The number of benzene rings is 1. The molecule has 0 aliphatic heterocycles. The normalized spacial score (nSPS) is 18.5. The molecule has 2 aliphatic rings. The summed E-state index contributed by atoms with van der Waals surface area (Å²) in [6.07, 6.45) is 8.75. The molecule has 0 radical (unpaired) electrons. The molecule has 0 heterocycles. The number of hydrogen-bond acceptors (Lipinski definition) is 6. The summed E-state index contributed by atoms with van der Waals surface area (Å²) in [4.78, 5) is 22.6. The number of thioether (sulfide) groups is 1. The maximum absolute atomic E-state index is 11.4. The molecule has 5 nitrogen and oxygen atoms in total. The number of rotatable bonds is 11. The Bertz CT molecular complexity index is 910. The summed E-state index contributed by atoms with van der Waals surface area (Å²) in [5.74, 6) is 1.08. The van der Waals surface area contributed by atoms with Crippen LogP contribution < -0.4 is 5.73 Å². The highest BCUT2D eigenvalue weighted by atomic mass is 35.5. The minimum Gasteiger partial charge on any atom is -0.461 e. The van der Waals surface area contributed by atoms with Gasteiger partial charge in [0, 0.05) is 21.4 Å². The number of hydrogen-bond donors (Lipinski definition) is 2. The molecule has 222 valence electrons. The molecule has 1 saturated carbocycles. The third kappa shape index (κ3) is 13.9. The molecule has 3 unspecified atom stereocenters. The van der Waals surface area contributed by atoms with Gasteiger partial charge in [-0.05, 0) is 69.4 Å². The van der Waals surface area contributed by atoms with Crippen molar-refractivity contribution in [1.82, 2.24) is 0 Å². The Labute approximate surface area is 247 Å². The molecular formula is C32H53ClN2O3S. The maximum Gasteiger partial charge on any atom is 0.356 e. The fourth-order valence-electron chi connectivity index (χ4n) is 4.33. The Morgan fingerprint density at radius 3 is 2.03 bits per heavy atom. The number of esters is 1. The molecule has 3 rings (SSSR count). The fourth-order valence-corrected chi connectivity index (χ4v) is 5.81. The van der Waals surface area contributed by atoms with Gasteiger partial charge in [-0.25, -0.2) is 4.79 Å². The molecule has 0 saturated heterocycles. The number of aryl methyl sites for hydroxylation is 1. The average Bonchev–Trinajstić information content (AvgIpc) is 3.37. The molecule has 0 aromatic heterocycles. The van der Waals surface area contributed by atoms with Crippen molar-refractivity contribution in [2.24, 2.45) is 23.5 Å². The second-order valence-corrected chi connectivity index (χ2v) is 11.8. The summed E-state index contributed by atoms with van der Waals surface area (Å²) in [5.41, 5.74) is 8.66. The Morgan fingerprint density at radius 1 is 1.08 bits per heavy atom. The van der Waals surface area contributed by atoms with Crippen LogP contribution in [0, 0.1) is 30.1 Å². The SMILES string of the molecule is CC(=O)CCl.CCCC.CCCC(CCC)Sc1ccccc1C.CCOC(=O)C(=N)C1=C(N)CC2C(C)C12. The van der Waals surface area contributed by atoms with Crippen LogP contribution in [0.15, 0.2) is 40.4 Å². The predicted octanol–water partition coefficient (Wildman–Crippen LogP) is 8.74. The summed E-state index contributed by atoms with van der Waals surface area (Å²) in [6, 6.07) is 8.72. The third-order valence-corrected chi connectivity index (χ3v) is 8.64. The largest absolute Gasteiger partial charge is 0.461 e. The predicted molar refractivity (Wildman–Crippen MR) is 169 cm³/mol. The molecule has 39 heavy (non-hydrogen) atoms. The van der Waals surface area contributed by atoms with Crippen LogP contribution in [0.3, 0.4) is 0 Å². The van der Waals surface area contributed by atoms with Gasteiger partial charge < -0.3 is 10.5 Å². The standard InChI is InChI=1S/C14H22S.C11H16N2O2.C4H10.C3H5ClO/c1-4-8-13(9-5-2)15-14-11-7-6-10-12(14)3;1-3-15-11(14)10(13)9-7(12)4-6-5(2)8(6)9;1-3-4-2;1-3(5)2-4/h6-7,10-11,13H,4-5,8-9H2,1-3H3;5-6,8,13H,3-4,12H2,1-2H3;3-4H2,1-2H3;2H2,1H3. The molecule has 1 fully saturated rings. The molecule has 1 aromatic carbocycles. The topological polar surface area (TPSA) is 93.2 Å². The number of ketones is 1. The first-order valence-electron chi connectivity index (χ1n) is 14.6. The number of allylic oxidation sites excluding steroid dienone is 1. The molecule has 0 bridgehead atoms. The first kappa shape index (κ1) is 37.2. The number of nitrogens with one attached hydrogen (secondary N) is 1. The second kappa shape index (κ2) is 21.0. The van der Waals surface area contributed by atoms with E-state index in [-0.39, 0.29) is 17.4 Å². The minimum absolute atomic E-state index is 0.0201. The number of alkyl halides is 1. The average molecular weight is 581 g/mol. The van der Waals surface area contributed by atoms with E-state index in [9.17, 15) is 9.59 Å². The molecule has 2 aliphatic carbocycles. The van der Waals surface area contributed by atoms with Crippen molar-refractivity contribution in [2.45, 2.75) is 110 Å². The van der Waals surface area contributed by atoms with E-state index in [0.29, 0.717) is 30.1 Å². The van der Waals surface area contributed by atoms with Crippen molar-refractivity contribution < 1.29 is 14.3 Å². The van der Waals surface area contributed by atoms with Crippen LogP contribution in [-0.4, -0.2) is 35.2 Å². The monoisotopic (exact) mass is 580 g/mol. The Morgan fingerprint density at radius 2 is 1.62 bits per heavy atom. The van der Waals surface area contributed by atoms with Crippen molar-refractivity contribution >= 4 is 40.8 Å². The van der Waals surface area contributed by atoms with Gasteiger partial charge in [-0.2, -0.15) is 0 Å². The summed E-state index contributed by atoms with van der Waals surface area (Å²) in [7, 11) is 0. The number of carbonyl (C=O) groups is 2. The van der Waals surface area contributed by atoms with Gasteiger partial charge in [0.2, 0.25) is 0 Å². The lowest BCUT2D eigenvalue weighted by atomic mass is 10.0. The zero-order valence-electron chi connectivity index (χ0n) is 25.6. The molecule has 1 aromatic rings. The van der Waals surface area contributed by atoms with E-state index in [2.05, 4.69) is 77.6 Å². The quantitative estimate of drug-likeness (QED) is 0.118. The van der Waals surface area contributed by atoms with Gasteiger partial charge in [0.05, 0.1) is 12.5 Å². The van der Waals surface area contributed by atoms with Crippen molar-refractivity contribution in [3.05, 3.63) is 41.1 Å². The van der Waals surface area contributed by atoms with Crippen LogP contribution in [0.5, 0.6) is 0 Å². The van der Waals surface area contributed by atoms with Crippen molar-refractivity contribution in [3.8, 4) is 0 Å². The highest BCUT2D eigenvalue weighted by Crippen LogP contribution is 2.59.